The minimum Gasteiger partial charge on any atom is -0.508 e. The van der Waals surface area contributed by atoms with Crippen LogP contribution in [-0.2, 0) is 19.3 Å². The molecule has 0 aromatic heterocycles. The van der Waals surface area contributed by atoms with Crippen molar-refractivity contribution in [3.63, 3.8) is 0 Å². The summed E-state index contributed by atoms with van der Waals surface area (Å²) < 4.78 is 18.2. The topological polar surface area (TPSA) is 145 Å². The zero-order chi connectivity index (χ0) is 30.8. The summed E-state index contributed by atoms with van der Waals surface area (Å²) in [6.07, 6.45) is 5.33. The molecule has 4 atom stereocenters. The first-order valence-corrected chi connectivity index (χ1v) is 15.3. The van der Waals surface area contributed by atoms with E-state index in [9.17, 15) is 25.5 Å². The lowest BCUT2D eigenvalue weighted by Gasteiger charge is -2.38. The fourth-order valence-electron chi connectivity index (χ4n) is 6.86. The number of rotatable bonds is 11. The molecule has 0 radical (unpaired) electrons. The Morgan fingerprint density at radius 1 is 1.05 bits per heavy atom. The van der Waals surface area contributed by atoms with Gasteiger partial charge in [0.15, 0.2) is 18.2 Å². The van der Waals surface area contributed by atoms with E-state index in [4.69, 9.17) is 14.2 Å². The third-order valence-electron chi connectivity index (χ3n) is 8.91. The fourth-order valence-corrected chi connectivity index (χ4v) is 6.86. The van der Waals surface area contributed by atoms with Crippen LogP contribution in [0.5, 0.6) is 28.7 Å². The van der Waals surface area contributed by atoms with Gasteiger partial charge in [-0.05, 0) is 77.3 Å². The summed E-state index contributed by atoms with van der Waals surface area (Å²) in [6, 6.07) is 10.7. The second kappa shape index (κ2) is 13.0. The summed E-state index contributed by atoms with van der Waals surface area (Å²) in [5.74, 6) is 1.78. The van der Waals surface area contributed by atoms with Crippen LogP contribution in [0.15, 0.2) is 48.8 Å². The maximum atomic E-state index is 11.6. The van der Waals surface area contributed by atoms with Crippen LogP contribution < -0.4 is 24.4 Å². The van der Waals surface area contributed by atoms with E-state index in [2.05, 4.69) is 11.5 Å². The van der Waals surface area contributed by atoms with Gasteiger partial charge < -0.3 is 45.1 Å². The summed E-state index contributed by atoms with van der Waals surface area (Å²) in [5, 5.41) is 54.9. The predicted molar refractivity (Wildman–Crippen MR) is 163 cm³/mol. The van der Waals surface area contributed by atoms with Gasteiger partial charge in [0.05, 0.1) is 32.6 Å². The van der Waals surface area contributed by atoms with E-state index in [1.54, 1.807) is 18.2 Å². The van der Waals surface area contributed by atoms with Crippen molar-refractivity contribution in [1.29, 1.82) is 0 Å². The lowest BCUT2D eigenvalue weighted by Crippen LogP contribution is -3.07. The molecule has 3 aromatic rings. The van der Waals surface area contributed by atoms with Crippen molar-refractivity contribution in [2.24, 2.45) is 0 Å². The van der Waals surface area contributed by atoms with Crippen LogP contribution in [0.3, 0.4) is 0 Å². The second-order valence-corrected chi connectivity index (χ2v) is 11.7. The van der Waals surface area contributed by atoms with Gasteiger partial charge in [0.1, 0.15) is 36.2 Å². The third-order valence-corrected chi connectivity index (χ3v) is 8.91. The van der Waals surface area contributed by atoms with Crippen LogP contribution in [0.25, 0.3) is 11.1 Å². The van der Waals surface area contributed by atoms with Crippen molar-refractivity contribution in [3.8, 4) is 39.9 Å². The zero-order valence-corrected chi connectivity index (χ0v) is 24.9. The molecule has 4 unspecified atom stereocenters. The van der Waals surface area contributed by atoms with E-state index in [-0.39, 0.29) is 43.0 Å². The Morgan fingerprint density at radius 2 is 1.91 bits per heavy atom. The number of nitrogens with one attached hydrogen (secondary N) is 2. The monoisotopic (exact) mass is 605 g/mol. The highest BCUT2D eigenvalue weighted by molar-refractivity contribution is 5.83. The molecule has 10 nitrogen and oxygen atoms in total. The molecular weight excluding hydrogens is 564 g/mol. The van der Waals surface area contributed by atoms with E-state index in [1.165, 1.54) is 12.0 Å². The number of methoxy groups -OCH3 is 1. The van der Waals surface area contributed by atoms with E-state index >= 15 is 0 Å². The van der Waals surface area contributed by atoms with Gasteiger partial charge in [0, 0.05) is 36.6 Å². The number of hydrogen-bond acceptors (Lipinski definition) is 9. The van der Waals surface area contributed by atoms with Gasteiger partial charge in [-0.25, -0.2) is 0 Å². The molecule has 2 aliphatic heterocycles. The lowest BCUT2D eigenvalue weighted by atomic mass is 9.73. The first-order valence-electron chi connectivity index (χ1n) is 15.3. The van der Waals surface area contributed by atoms with Crippen LogP contribution >= 0.6 is 0 Å². The van der Waals surface area contributed by atoms with Crippen LogP contribution in [0.2, 0.25) is 0 Å². The Morgan fingerprint density at radius 3 is 2.66 bits per heavy atom. The number of aromatic hydroxyl groups is 2. The number of ether oxygens (including phenoxy) is 3. The highest BCUT2D eigenvalue weighted by Crippen LogP contribution is 2.53. The molecule has 3 aromatic carbocycles. The average molecular weight is 606 g/mol. The molecule has 0 bridgehead atoms. The molecule has 10 heteroatoms. The number of hydrogen-bond donors (Lipinski definition) is 7. The Balaban J connectivity index is 1.45. The number of quaternary nitrogens is 1. The SMILES string of the molecule is COc1cc(C2Oc3cc(OCCO)c4c(c3CC2O)C(CC[NH+]2C=CNC2)Cc2cc(O)ccc2-4)cc(CCCO)c1O. The summed E-state index contributed by atoms with van der Waals surface area (Å²) >= 11 is 0. The Hall–Kier alpha value is -3.96. The molecule has 1 aliphatic carbocycles. The summed E-state index contributed by atoms with van der Waals surface area (Å²) in [5.41, 5.74) is 6.20. The van der Waals surface area contributed by atoms with E-state index in [0.29, 0.717) is 41.9 Å². The number of fused-ring (bicyclic) bond motifs is 5. The van der Waals surface area contributed by atoms with Crippen LogP contribution in [0, 0.1) is 0 Å². The Bertz CT molecular complexity index is 1540. The van der Waals surface area contributed by atoms with Gasteiger partial charge >= 0.3 is 0 Å². The third kappa shape index (κ3) is 5.78. The van der Waals surface area contributed by atoms with Crippen molar-refractivity contribution in [2.75, 3.05) is 40.1 Å². The largest absolute Gasteiger partial charge is 0.508 e. The quantitative estimate of drug-likeness (QED) is 0.175. The molecular formula is C34H41N2O8+. The number of phenolic OH excluding ortho intramolecular Hbond substituents is 2. The number of aliphatic hydroxyl groups is 3. The average Bonchev–Trinajstić information content (AvgIpc) is 3.55. The highest BCUT2D eigenvalue weighted by atomic mass is 16.5. The first-order chi connectivity index (χ1) is 21.4. The van der Waals surface area contributed by atoms with Crippen LogP contribution in [0.1, 0.15) is 52.7 Å². The Labute approximate surface area is 256 Å². The van der Waals surface area contributed by atoms with Gasteiger partial charge in [0.25, 0.3) is 0 Å². The smallest absolute Gasteiger partial charge is 0.161 e. The number of benzene rings is 3. The van der Waals surface area contributed by atoms with E-state index in [0.717, 1.165) is 53.9 Å². The number of phenols is 2. The summed E-state index contributed by atoms with van der Waals surface area (Å²) in [6.45, 7) is 1.66. The minimum absolute atomic E-state index is 0.0143. The Kier molecular flexibility index (Phi) is 8.86. The minimum atomic E-state index is -0.881. The number of aliphatic hydroxyl groups excluding tert-OH is 3. The zero-order valence-electron chi connectivity index (χ0n) is 24.9. The maximum Gasteiger partial charge on any atom is 0.161 e. The van der Waals surface area contributed by atoms with Crippen molar-refractivity contribution in [3.05, 3.63) is 76.6 Å². The van der Waals surface area contributed by atoms with Crippen molar-refractivity contribution in [2.45, 2.75) is 50.2 Å². The first kappa shape index (κ1) is 30.1. The lowest BCUT2D eigenvalue weighted by molar-refractivity contribution is -0.843. The van der Waals surface area contributed by atoms with Crippen LogP contribution in [0.4, 0.5) is 0 Å². The standard InChI is InChI=1S/C34H40N2O8/c1-42-30-16-23(14-21(33(30)41)3-2-10-37)34-27(40)17-26-28(44-34)18-29(43-12-11-38)32-25-5-4-24(39)15-22(25)13-20(31(26)32)6-8-36-9-7-35-19-36/h4-5,7,9,14-16,18,20,27,34-35,37-41H,2-3,6,8,10-13,17,19H2,1H3/p+1. The molecule has 0 saturated heterocycles. The van der Waals surface area contributed by atoms with Crippen molar-refractivity contribution >= 4 is 0 Å². The highest BCUT2D eigenvalue weighted by Gasteiger charge is 2.39. The number of aryl methyl sites for hydroxylation is 1. The molecule has 0 spiro atoms. The van der Waals surface area contributed by atoms with Gasteiger partial charge in [-0.15, -0.1) is 0 Å². The van der Waals surface area contributed by atoms with Crippen LogP contribution in [-0.4, -0.2) is 71.8 Å². The van der Waals surface area contributed by atoms with Crippen molar-refractivity contribution < 1.29 is 44.6 Å². The predicted octanol–water partition coefficient (Wildman–Crippen LogP) is 2.05. The molecule has 2 heterocycles. The van der Waals surface area contributed by atoms with Gasteiger partial charge in [-0.1, -0.05) is 6.07 Å². The summed E-state index contributed by atoms with van der Waals surface area (Å²) in [4.78, 5) is 1.32. The molecule has 44 heavy (non-hydrogen) atoms. The molecule has 0 fully saturated rings. The van der Waals surface area contributed by atoms with Gasteiger partial charge in [-0.2, -0.15) is 0 Å². The van der Waals surface area contributed by atoms with Gasteiger partial charge in [-0.3, -0.25) is 4.90 Å². The fraction of sp³-hybridized carbons (Fsp3) is 0.412. The van der Waals surface area contributed by atoms with Gasteiger partial charge in [0.2, 0.25) is 0 Å². The molecule has 7 N–H and O–H groups in total. The van der Waals surface area contributed by atoms with E-state index in [1.807, 2.05) is 24.4 Å². The van der Waals surface area contributed by atoms with E-state index < -0.39 is 12.2 Å². The van der Waals surface area contributed by atoms with Crippen molar-refractivity contribution in [1.82, 2.24) is 5.32 Å². The molecule has 234 valence electrons. The molecule has 0 saturated carbocycles. The maximum absolute atomic E-state index is 11.6. The summed E-state index contributed by atoms with van der Waals surface area (Å²) in [7, 11) is 1.48. The second-order valence-electron chi connectivity index (χ2n) is 11.7. The molecule has 3 aliphatic rings. The molecule has 6 rings (SSSR count). The molecule has 0 amide bonds. The normalized spacial score (nSPS) is 21.5.